The molecule has 1 aromatic carbocycles. The second-order valence-corrected chi connectivity index (χ2v) is 3.05. The Bertz CT molecular complexity index is 435. The number of nitrogens with two attached hydrogens (primary N) is 1. The van der Waals surface area contributed by atoms with Gasteiger partial charge in [-0.05, 0) is 17.7 Å². The number of hydrogen-bond acceptors (Lipinski definition) is 3. The van der Waals surface area contributed by atoms with E-state index < -0.39 is 17.7 Å². The number of nitrogens with zero attached hydrogens (tertiary/aromatic N) is 2. The summed E-state index contributed by atoms with van der Waals surface area (Å²) in [5, 5.41) is 6.15. The van der Waals surface area contributed by atoms with Crippen molar-refractivity contribution in [2.75, 3.05) is 0 Å². The molecule has 1 unspecified atom stereocenters. The normalized spacial score (nSPS) is 12.7. The Morgan fingerprint density at radius 3 is 2.40 bits per heavy atom. The number of benzene rings is 1. The van der Waals surface area contributed by atoms with E-state index in [9.17, 15) is 8.78 Å². The van der Waals surface area contributed by atoms with Crippen LogP contribution in [0.15, 0.2) is 24.5 Å². The Morgan fingerprint density at radius 2 is 1.87 bits per heavy atom. The Kier molecular flexibility index (Phi) is 2.42. The number of aromatic amines is 1. The van der Waals surface area contributed by atoms with Crippen LogP contribution in [0, 0.1) is 11.6 Å². The van der Waals surface area contributed by atoms with Crippen LogP contribution in [-0.4, -0.2) is 15.2 Å². The summed E-state index contributed by atoms with van der Waals surface area (Å²) in [5.74, 6) is -0.972. The fourth-order valence-electron chi connectivity index (χ4n) is 1.28. The first-order valence-corrected chi connectivity index (χ1v) is 4.23. The molecule has 1 aromatic heterocycles. The van der Waals surface area contributed by atoms with Crippen LogP contribution in [0.5, 0.6) is 0 Å². The van der Waals surface area contributed by atoms with Gasteiger partial charge in [0.2, 0.25) is 0 Å². The summed E-state index contributed by atoms with van der Waals surface area (Å²) in [6.45, 7) is 0. The van der Waals surface area contributed by atoms with Crippen molar-refractivity contribution in [2.45, 2.75) is 6.04 Å². The van der Waals surface area contributed by atoms with Crippen LogP contribution in [-0.2, 0) is 0 Å². The van der Waals surface area contributed by atoms with Gasteiger partial charge in [0, 0.05) is 6.07 Å². The molecule has 15 heavy (non-hydrogen) atoms. The lowest BCUT2D eigenvalue weighted by Crippen LogP contribution is -2.14. The lowest BCUT2D eigenvalue weighted by molar-refractivity contribution is 0.576. The largest absolute Gasteiger partial charge is 0.318 e. The van der Waals surface area contributed by atoms with E-state index in [1.165, 1.54) is 6.33 Å². The minimum atomic E-state index is -0.710. The zero-order valence-corrected chi connectivity index (χ0v) is 7.61. The zero-order chi connectivity index (χ0) is 10.8. The molecule has 78 valence electrons. The van der Waals surface area contributed by atoms with Gasteiger partial charge in [-0.3, -0.25) is 5.10 Å². The quantitative estimate of drug-likeness (QED) is 0.780. The van der Waals surface area contributed by atoms with Crippen molar-refractivity contribution in [1.82, 2.24) is 15.2 Å². The third-order valence-corrected chi connectivity index (χ3v) is 1.97. The maximum absolute atomic E-state index is 12.9. The fraction of sp³-hybridized carbons (Fsp3) is 0.111. The first-order chi connectivity index (χ1) is 7.16. The van der Waals surface area contributed by atoms with E-state index >= 15 is 0 Å². The number of H-pyrrole nitrogens is 1. The first-order valence-electron chi connectivity index (χ1n) is 4.23. The van der Waals surface area contributed by atoms with Crippen molar-refractivity contribution >= 4 is 0 Å². The molecular weight excluding hydrogens is 202 g/mol. The molecule has 1 atom stereocenters. The lowest BCUT2D eigenvalue weighted by Gasteiger charge is -2.08. The summed E-state index contributed by atoms with van der Waals surface area (Å²) in [6, 6.07) is 2.40. The molecule has 3 N–H and O–H groups in total. The van der Waals surface area contributed by atoms with Crippen molar-refractivity contribution in [3.8, 4) is 0 Å². The molecule has 2 aromatic rings. The molecule has 4 nitrogen and oxygen atoms in total. The summed E-state index contributed by atoms with van der Waals surface area (Å²) >= 11 is 0. The van der Waals surface area contributed by atoms with Gasteiger partial charge in [-0.25, -0.2) is 13.8 Å². The molecule has 0 fully saturated rings. The standard InChI is InChI=1S/C9H8F2N4/c10-6-1-5(2-7(11)3-6)8(12)9-13-4-14-15-9/h1-4,8H,12H2,(H,13,14,15). The van der Waals surface area contributed by atoms with Gasteiger partial charge in [0.15, 0.2) is 0 Å². The van der Waals surface area contributed by atoms with Gasteiger partial charge >= 0.3 is 0 Å². The van der Waals surface area contributed by atoms with Crippen LogP contribution in [0.2, 0.25) is 0 Å². The number of hydrogen-bond donors (Lipinski definition) is 2. The monoisotopic (exact) mass is 210 g/mol. The average Bonchev–Trinajstić information content (AvgIpc) is 2.67. The molecule has 0 saturated heterocycles. The van der Waals surface area contributed by atoms with Crippen molar-refractivity contribution in [3.63, 3.8) is 0 Å². The molecule has 0 radical (unpaired) electrons. The topological polar surface area (TPSA) is 67.6 Å². The molecule has 0 saturated carbocycles. The van der Waals surface area contributed by atoms with Crippen LogP contribution >= 0.6 is 0 Å². The minimum Gasteiger partial charge on any atom is -0.318 e. The van der Waals surface area contributed by atoms with Gasteiger partial charge in [0.05, 0.1) is 6.04 Å². The van der Waals surface area contributed by atoms with Crippen molar-refractivity contribution < 1.29 is 8.78 Å². The number of aromatic nitrogens is 3. The van der Waals surface area contributed by atoms with E-state index in [4.69, 9.17) is 5.73 Å². The first kappa shape index (κ1) is 9.72. The maximum atomic E-state index is 12.9. The van der Waals surface area contributed by atoms with Crippen LogP contribution in [0.25, 0.3) is 0 Å². The Morgan fingerprint density at radius 1 is 1.20 bits per heavy atom. The molecule has 0 aliphatic carbocycles. The van der Waals surface area contributed by atoms with E-state index in [0.29, 0.717) is 11.4 Å². The third kappa shape index (κ3) is 1.99. The van der Waals surface area contributed by atoms with E-state index in [2.05, 4.69) is 15.2 Å². The highest BCUT2D eigenvalue weighted by Gasteiger charge is 2.13. The minimum absolute atomic E-state index is 0.309. The maximum Gasteiger partial charge on any atom is 0.145 e. The number of rotatable bonds is 2. The van der Waals surface area contributed by atoms with E-state index in [-0.39, 0.29) is 0 Å². The Hall–Kier alpha value is -1.82. The second kappa shape index (κ2) is 3.74. The van der Waals surface area contributed by atoms with Crippen LogP contribution < -0.4 is 5.73 Å². The summed E-state index contributed by atoms with van der Waals surface area (Å²) in [7, 11) is 0. The SMILES string of the molecule is NC(c1cc(F)cc(F)c1)c1ncn[nH]1. The molecule has 0 aliphatic rings. The molecule has 0 aliphatic heterocycles. The fourth-order valence-corrected chi connectivity index (χ4v) is 1.28. The third-order valence-electron chi connectivity index (χ3n) is 1.97. The van der Waals surface area contributed by atoms with Crippen molar-refractivity contribution in [3.05, 3.63) is 47.5 Å². The van der Waals surface area contributed by atoms with Crippen molar-refractivity contribution in [2.24, 2.45) is 5.73 Å². The molecule has 0 bridgehead atoms. The van der Waals surface area contributed by atoms with E-state index in [1.54, 1.807) is 0 Å². The molecule has 1 heterocycles. The summed E-state index contributed by atoms with van der Waals surface area (Å²) in [4.78, 5) is 3.82. The molecule has 0 spiro atoms. The molecule has 0 amide bonds. The average molecular weight is 210 g/mol. The van der Waals surface area contributed by atoms with Gasteiger partial charge in [-0.1, -0.05) is 0 Å². The van der Waals surface area contributed by atoms with Gasteiger partial charge in [0.1, 0.15) is 23.8 Å². The second-order valence-electron chi connectivity index (χ2n) is 3.05. The molecular formula is C9H8F2N4. The Labute approximate surface area is 84.1 Å². The van der Waals surface area contributed by atoms with Gasteiger partial charge in [0.25, 0.3) is 0 Å². The van der Waals surface area contributed by atoms with E-state index in [1.807, 2.05) is 0 Å². The summed E-state index contributed by atoms with van der Waals surface area (Å²) in [5.41, 5.74) is 6.04. The highest BCUT2D eigenvalue weighted by molar-refractivity contribution is 5.25. The highest BCUT2D eigenvalue weighted by atomic mass is 19.1. The highest BCUT2D eigenvalue weighted by Crippen LogP contribution is 2.17. The summed E-state index contributed by atoms with van der Waals surface area (Å²) in [6.07, 6.45) is 1.28. The van der Waals surface area contributed by atoms with Gasteiger partial charge < -0.3 is 5.73 Å². The number of halogens is 2. The molecule has 6 heteroatoms. The van der Waals surface area contributed by atoms with Crippen LogP contribution in [0.1, 0.15) is 17.4 Å². The number of nitrogens with one attached hydrogen (secondary N) is 1. The van der Waals surface area contributed by atoms with Crippen LogP contribution in [0.3, 0.4) is 0 Å². The lowest BCUT2D eigenvalue weighted by atomic mass is 10.1. The Balaban J connectivity index is 2.37. The molecule has 2 rings (SSSR count). The summed E-state index contributed by atoms with van der Waals surface area (Å²) < 4.78 is 25.8. The zero-order valence-electron chi connectivity index (χ0n) is 7.61. The van der Waals surface area contributed by atoms with Crippen molar-refractivity contribution in [1.29, 1.82) is 0 Å². The van der Waals surface area contributed by atoms with Crippen LogP contribution in [0.4, 0.5) is 8.78 Å². The van der Waals surface area contributed by atoms with Gasteiger partial charge in [-0.15, -0.1) is 0 Å². The van der Waals surface area contributed by atoms with Gasteiger partial charge in [-0.2, -0.15) is 5.10 Å². The predicted molar refractivity (Wildman–Crippen MR) is 48.8 cm³/mol. The van der Waals surface area contributed by atoms with E-state index in [0.717, 1.165) is 18.2 Å². The smallest absolute Gasteiger partial charge is 0.145 e. The predicted octanol–water partition coefficient (Wildman–Crippen LogP) is 1.13.